The highest BCUT2D eigenvalue weighted by Crippen LogP contribution is 2.20. The number of hydrogen-bond donors (Lipinski definition) is 3. The number of rotatable bonds is 5. The molecule has 0 aromatic heterocycles. The summed E-state index contributed by atoms with van der Waals surface area (Å²) < 4.78 is 30.7. The lowest BCUT2D eigenvalue weighted by Crippen LogP contribution is -2.35. The van der Waals surface area contributed by atoms with Crippen molar-refractivity contribution < 1.29 is 23.1 Å². The number of esters is 1. The van der Waals surface area contributed by atoms with Gasteiger partial charge in [0.15, 0.2) is 0 Å². The van der Waals surface area contributed by atoms with Crippen LogP contribution < -0.4 is 10.5 Å². The number of nitrogens with two attached hydrogens (primary N) is 1. The first-order valence-corrected chi connectivity index (χ1v) is 6.91. The monoisotopic (exact) mass is 288 g/mol. The van der Waals surface area contributed by atoms with Crippen LogP contribution in [0.25, 0.3) is 0 Å². The third-order valence-electron chi connectivity index (χ3n) is 2.35. The Balaban J connectivity index is 3.12. The lowest BCUT2D eigenvalue weighted by molar-refractivity contribution is 0.0600. The van der Waals surface area contributed by atoms with Crippen molar-refractivity contribution in [1.82, 2.24) is 4.72 Å². The number of aliphatic hydroxyl groups excluding tert-OH is 1. The topological polar surface area (TPSA) is 119 Å². The van der Waals surface area contributed by atoms with Crippen LogP contribution >= 0.6 is 0 Å². The second-order valence-corrected chi connectivity index (χ2v) is 5.63. The molecule has 0 bridgehead atoms. The van der Waals surface area contributed by atoms with Crippen molar-refractivity contribution in [2.45, 2.75) is 17.9 Å². The van der Waals surface area contributed by atoms with Gasteiger partial charge in [-0.25, -0.2) is 17.9 Å². The molecule has 7 nitrogen and oxygen atoms in total. The number of anilines is 1. The number of benzene rings is 1. The van der Waals surface area contributed by atoms with Gasteiger partial charge in [0, 0.05) is 6.04 Å². The molecule has 1 unspecified atom stereocenters. The zero-order valence-electron chi connectivity index (χ0n) is 10.6. The van der Waals surface area contributed by atoms with E-state index in [9.17, 15) is 13.2 Å². The molecule has 1 aromatic rings. The Morgan fingerprint density at radius 3 is 2.63 bits per heavy atom. The first-order valence-electron chi connectivity index (χ1n) is 5.43. The number of sulfonamides is 1. The van der Waals surface area contributed by atoms with Gasteiger partial charge in [0.05, 0.1) is 25.0 Å². The zero-order chi connectivity index (χ0) is 14.6. The van der Waals surface area contributed by atoms with Gasteiger partial charge in [-0.3, -0.25) is 0 Å². The maximum Gasteiger partial charge on any atom is 0.337 e. The van der Waals surface area contributed by atoms with Crippen LogP contribution in [-0.4, -0.2) is 39.3 Å². The van der Waals surface area contributed by atoms with Crippen LogP contribution in [0.2, 0.25) is 0 Å². The van der Waals surface area contributed by atoms with Crippen molar-refractivity contribution >= 4 is 21.7 Å². The van der Waals surface area contributed by atoms with E-state index in [0.29, 0.717) is 0 Å². The van der Waals surface area contributed by atoms with Crippen LogP contribution in [0, 0.1) is 0 Å². The van der Waals surface area contributed by atoms with Gasteiger partial charge in [0.25, 0.3) is 0 Å². The van der Waals surface area contributed by atoms with Crippen LogP contribution in [0.5, 0.6) is 0 Å². The Bertz CT molecular complexity index is 570. The molecular weight excluding hydrogens is 272 g/mol. The van der Waals surface area contributed by atoms with E-state index in [1.165, 1.54) is 32.2 Å². The molecule has 0 amide bonds. The number of ether oxygens (including phenoxy) is 1. The van der Waals surface area contributed by atoms with Crippen LogP contribution in [0.3, 0.4) is 0 Å². The maximum absolute atomic E-state index is 12.0. The largest absolute Gasteiger partial charge is 0.465 e. The van der Waals surface area contributed by atoms with E-state index in [0.717, 1.165) is 0 Å². The molecule has 0 aliphatic heterocycles. The normalized spacial score (nSPS) is 13.0. The summed E-state index contributed by atoms with van der Waals surface area (Å²) in [6.45, 7) is 1.18. The molecule has 8 heteroatoms. The third-order valence-corrected chi connectivity index (χ3v) is 4.01. The lowest BCUT2D eigenvalue weighted by Gasteiger charge is -2.13. The molecule has 0 radical (unpaired) electrons. The number of nitrogen functional groups attached to an aromatic ring is 1. The molecule has 0 saturated heterocycles. The fourth-order valence-corrected chi connectivity index (χ4v) is 2.75. The summed E-state index contributed by atoms with van der Waals surface area (Å²) >= 11 is 0. The molecule has 0 aliphatic carbocycles. The molecule has 4 N–H and O–H groups in total. The minimum absolute atomic E-state index is 0.0689. The van der Waals surface area contributed by atoms with Gasteiger partial charge in [0.1, 0.15) is 4.90 Å². The van der Waals surface area contributed by atoms with Gasteiger partial charge in [-0.1, -0.05) is 0 Å². The van der Waals surface area contributed by atoms with Crippen molar-refractivity contribution in [3.63, 3.8) is 0 Å². The number of methoxy groups -OCH3 is 1. The van der Waals surface area contributed by atoms with Crippen LogP contribution in [0.4, 0.5) is 5.69 Å². The second-order valence-electron chi connectivity index (χ2n) is 3.95. The van der Waals surface area contributed by atoms with Crippen molar-refractivity contribution in [1.29, 1.82) is 0 Å². The Morgan fingerprint density at radius 1 is 1.53 bits per heavy atom. The highest BCUT2D eigenvalue weighted by Gasteiger charge is 2.20. The lowest BCUT2D eigenvalue weighted by atomic mass is 10.2. The van der Waals surface area contributed by atoms with Gasteiger partial charge >= 0.3 is 5.97 Å². The van der Waals surface area contributed by atoms with E-state index in [1.807, 2.05) is 0 Å². The highest BCUT2D eigenvalue weighted by molar-refractivity contribution is 7.89. The van der Waals surface area contributed by atoms with Crippen molar-refractivity contribution in [3.8, 4) is 0 Å². The maximum atomic E-state index is 12.0. The fourth-order valence-electron chi connectivity index (χ4n) is 1.40. The molecule has 0 spiro atoms. The van der Waals surface area contributed by atoms with Crippen LogP contribution in [0.15, 0.2) is 23.1 Å². The summed E-state index contributed by atoms with van der Waals surface area (Å²) in [7, 11) is -2.62. The summed E-state index contributed by atoms with van der Waals surface area (Å²) in [5.74, 6) is -0.604. The van der Waals surface area contributed by atoms with Gasteiger partial charge in [-0.2, -0.15) is 0 Å². The standard InChI is InChI=1S/C11H16N2O5S/c1-7(6-14)13-19(16,17)10-4-3-8(5-9(10)12)11(15)18-2/h3-5,7,13-14H,6,12H2,1-2H3. The van der Waals surface area contributed by atoms with E-state index < -0.39 is 22.0 Å². The number of carbonyl (C=O) groups excluding carboxylic acids is 1. The molecule has 0 fully saturated rings. The predicted molar refractivity (Wildman–Crippen MR) is 69.1 cm³/mol. The molecule has 19 heavy (non-hydrogen) atoms. The average molecular weight is 288 g/mol. The zero-order valence-corrected chi connectivity index (χ0v) is 11.4. The van der Waals surface area contributed by atoms with Crippen molar-refractivity contribution in [3.05, 3.63) is 23.8 Å². The predicted octanol–water partition coefficient (Wildman–Crippen LogP) is -0.286. The molecule has 0 heterocycles. The van der Waals surface area contributed by atoms with E-state index in [4.69, 9.17) is 10.8 Å². The summed E-state index contributed by atoms with van der Waals surface area (Å²) in [6, 6.07) is 3.11. The minimum atomic E-state index is -3.84. The number of nitrogens with one attached hydrogen (secondary N) is 1. The summed E-state index contributed by atoms with van der Waals surface area (Å²) in [5.41, 5.74) is 5.72. The molecule has 0 aliphatic rings. The Kier molecular flexibility index (Phi) is 4.87. The van der Waals surface area contributed by atoms with Gasteiger partial charge in [-0.05, 0) is 25.1 Å². The van der Waals surface area contributed by atoms with E-state index in [2.05, 4.69) is 9.46 Å². The van der Waals surface area contributed by atoms with Crippen molar-refractivity contribution in [2.24, 2.45) is 0 Å². The molecule has 106 valence electrons. The van der Waals surface area contributed by atoms with Crippen LogP contribution in [-0.2, 0) is 14.8 Å². The Morgan fingerprint density at radius 2 is 2.16 bits per heavy atom. The second kappa shape index (κ2) is 6.00. The quantitative estimate of drug-likeness (QED) is 0.506. The number of hydrogen-bond acceptors (Lipinski definition) is 6. The molecule has 0 saturated carbocycles. The third kappa shape index (κ3) is 3.66. The van der Waals surface area contributed by atoms with Gasteiger partial charge in [0.2, 0.25) is 10.0 Å². The molecule has 1 rings (SSSR count). The minimum Gasteiger partial charge on any atom is -0.465 e. The Labute approximate surface area is 111 Å². The summed E-state index contributed by atoms with van der Waals surface area (Å²) in [5, 5.41) is 8.84. The molecule has 1 aromatic carbocycles. The van der Waals surface area contributed by atoms with Crippen molar-refractivity contribution in [2.75, 3.05) is 19.5 Å². The number of carbonyl (C=O) groups is 1. The van der Waals surface area contributed by atoms with E-state index in [1.54, 1.807) is 0 Å². The van der Waals surface area contributed by atoms with Crippen LogP contribution in [0.1, 0.15) is 17.3 Å². The first-order chi connectivity index (χ1) is 8.81. The van der Waals surface area contributed by atoms with Gasteiger partial charge < -0.3 is 15.6 Å². The molecule has 1 atom stereocenters. The average Bonchev–Trinajstić information content (AvgIpc) is 2.36. The SMILES string of the molecule is COC(=O)c1ccc(S(=O)(=O)NC(C)CO)c(N)c1. The fraction of sp³-hybridized carbons (Fsp3) is 0.364. The first kappa shape index (κ1) is 15.4. The smallest absolute Gasteiger partial charge is 0.337 e. The van der Waals surface area contributed by atoms with E-state index in [-0.39, 0.29) is 22.8 Å². The van der Waals surface area contributed by atoms with Gasteiger partial charge in [-0.15, -0.1) is 0 Å². The Hall–Kier alpha value is -1.64. The molecular formula is C11H16N2O5S. The number of aliphatic hydroxyl groups is 1. The summed E-state index contributed by atoms with van der Waals surface area (Å²) in [4.78, 5) is 11.1. The van der Waals surface area contributed by atoms with E-state index >= 15 is 0 Å². The highest BCUT2D eigenvalue weighted by atomic mass is 32.2. The summed E-state index contributed by atoms with van der Waals surface area (Å²) in [6.07, 6.45) is 0.